The number of amides is 1. The van der Waals surface area contributed by atoms with Gasteiger partial charge in [-0.1, -0.05) is 18.2 Å². The average Bonchev–Trinajstić information content (AvgIpc) is 3.34. The van der Waals surface area contributed by atoms with Gasteiger partial charge in [-0.15, -0.1) is 0 Å². The molecule has 1 amide bonds. The molecule has 28 heavy (non-hydrogen) atoms. The van der Waals surface area contributed by atoms with Gasteiger partial charge >= 0.3 is 0 Å². The molecule has 2 aliphatic rings. The monoisotopic (exact) mass is 399 g/mol. The third-order valence-electron chi connectivity index (χ3n) is 5.61. The van der Waals surface area contributed by atoms with Crippen LogP contribution in [0.1, 0.15) is 18.9 Å². The Morgan fingerprint density at radius 2 is 1.93 bits per heavy atom. The van der Waals surface area contributed by atoms with Crippen molar-refractivity contribution in [2.75, 3.05) is 36.0 Å². The largest absolute Gasteiger partial charge is 0.371 e. The minimum atomic E-state index is -3.56. The zero-order valence-corrected chi connectivity index (χ0v) is 16.8. The lowest BCUT2D eigenvalue weighted by molar-refractivity contribution is -0.116. The fraction of sp³-hybridized carbons (Fsp3) is 0.381. The lowest BCUT2D eigenvalue weighted by Gasteiger charge is -2.19. The summed E-state index contributed by atoms with van der Waals surface area (Å²) in [6, 6.07) is 15.2. The van der Waals surface area contributed by atoms with Gasteiger partial charge in [0.25, 0.3) is 0 Å². The van der Waals surface area contributed by atoms with Crippen LogP contribution in [0.2, 0.25) is 0 Å². The van der Waals surface area contributed by atoms with Crippen LogP contribution in [-0.2, 0) is 21.2 Å². The van der Waals surface area contributed by atoms with E-state index in [9.17, 15) is 13.2 Å². The summed E-state index contributed by atoms with van der Waals surface area (Å²) in [6.07, 6.45) is 1.65. The summed E-state index contributed by atoms with van der Waals surface area (Å²) in [7, 11) is -3.56. The maximum Gasteiger partial charge on any atom is 0.240 e. The van der Waals surface area contributed by atoms with E-state index in [-0.39, 0.29) is 16.7 Å². The van der Waals surface area contributed by atoms with Crippen LogP contribution >= 0.6 is 0 Å². The van der Waals surface area contributed by atoms with E-state index >= 15 is 0 Å². The van der Waals surface area contributed by atoms with Crippen molar-refractivity contribution >= 4 is 27.3 Å². The van der Waals surface area contributed by atoms with Crippen molar-refractivity contribution in [1.82, 2.24) is 4.72 Å². The molecule has 1 unspecified atom stereocenters. The highest BCUT2D eigenvalue weighted by atomic mass is 32.2. The van der Waals surface area contributed by atoms with Crippen LogP contribution in [0.5, 0.6) is 0 Å². The second-order valence-corrected chi connectivity index (χ2v) is 9.27. The second-order valence-electron chi connectivity index (χ2n) is 7.50. The number of hydrogen-bond donors (Lipinski definition) is 1. The topological polar surface area (TPSA) is 69.7 Å². The van der Waals surface area contributed by atoms with Gasteiger partial charge in [0.1, 0.15) is 0 Å². The summed E-state index contributed by atoms with van der Waals surface area (Å²) in [4.78, 5) is 15.9. The Bertz CT molecular complexity index is 976. The molecule has 0 aliphatic carbocycles. The van der Waals surface area contributed by atoms with Crippen LogP contribution in [0.4, 0.5) is 11.4 Å². The molecule has 0 aromatic heterocycles. The average molecular weight is 400 g/mol. The van der Waals surface area contributed by atoms with Crippen LogP contribution in [-0.4, -0.2) is 40.5 Å². The fourth-order valence-corrected chi connectivity index (χ4v) is 5.22. The second kappa shape index (κ2) is 7.56. The summed E-state index contributed by atoms with van der Waals surface area (Å²) < 4.78 is 28.3. The molecule has 4 rings (SSSR count). The van der Waals surface area contributed by atoms with Crippen molar-refractivity contribution < 1.29 is 13.2 Å². The molecule has 0 radical (unpaired) electrons. The Hall–Kier alpha value is -2.38. The first-order valence-electron chi connectivity index (χ1n) is 9.65. The molecule has 0 spiro atoms. The molecule has 2 aromatic carbocycles. The predicted molar refractivity (Wildman–Crippen MR) is 110 cm³/mol. The molecule has 1 fully saturated rings. The van der Waals surface area contributed by atoms with Gasteiger partial charge in [0.15, 0.2) is 0 Å². The molecule has 7 heteroatoms. The molecule has 1 saturated heterocycles. The van der Waals surface area contributed by atoms with Crippen LogP contribution in [0, 0.1) is 5.92 Å². The summed E-state index contributed by atoms with van der Waals surface area (Å²) in [5.74, 6) is 0.272. The van der Waals surface area contributed by atoms with Gasteiger partial charge in [0.05, 0.1) is 4.90 Å². The fourth-order valence-electron chi connectivity index (χ4n) is 4.06. The number of fused-ring (bicyclic) bond motifs is 1. The Morgan fingerprint density at radius 3 is 2.68 bits per heavy atom. The molecule has 0 bridgehead atoms. The summed E-state index contributed by atoms with van der Waals surface area (Å²) in [6.45, 7) is 4.36. The third-order valence-corrected chi connectivity index (χ3v) is 7.03. The van der Waals surface area contributed by atoms with Crippen LogP contribution in [0.25, 0.3) is 0 Å². The number of nitrogens with zero attached hydrogens (tertiary/aromatic N) is 2. The number of sulfonamides is 1. The van der Waals surface area contributed by atoms with E-state index in [0.29, 0.717) is 19.5 Å². The minimum Gasteiger partial charge on any atom is -0.371 e. The van der Waals surface area contributed by atoms with Gasteiger partial charge in [-0.05, 0) is 54.7 Å². The molecule has 148 valence electrons. The minimum absolute atomic E-state index is 0.0170. The van der Waals surface area contributed by atoms with Gasteiger partial charge in [-0.2, -0.15) is 0 Å². The first-order chi connectivity index (χ1) is 13.4. The third kappa shape index (κ3) is 3.77. The van der Waals surface area contributed by atoms with E-state index in [1.807, 2.05) is 18.2 Å². The maximum absolute atomic E-state index is 12.8. The van der Waals surface area contributed by atoms with E-state index in [1.54, 1.807) is 23.1 Å². The Morgan fingerprint density at radius 1 is 1.14 bits per heavy atom. The molecule has 1 N–H and O–H groups in total. The smallest absolute Gasteiger partial charge is 0.240 e. The number of hydrogen-bond acceptors (Lipinski definition) is 4. The van der Waals surface area contributed by atoms with E-state index in [2.05, 4.69) is 21.8 Å². The molecule has 2 aromatic rings. The molecule has 1 atom stereocenters. The maximum atomic E-state index is 12.8. The Labute approximate surface area is 166 Å². The SMILES string of the molecule is CC(=O)N1CCc2cc(S(=O)(=O)NCC3CCN(c4ccccc4)C3)ccc21. The first kappa shape index (κ1) is 19.0. The van der Waals surface area contributed by atoms with Crippen LogP contribution < -0.4 is 14.5 Å². The number of nitrogens with one attached hydrogen (secondary N) is 1. The predicted octanol–water partition coefficient (Wildman–Crippen LogP) is 2.40. The number of benzene rings is 2. The van der Waals surface area contributed by atoms with Crippen LogP contribution in [0.15, 0.2) is 53.4 Å². The molecule has 2 aliphatic heterocycles. The van der Waals surface area contributed by atoms with Gasteiger partial charge < -0.3 is 9.80 Å². The van der Waals surface area contributed by atoms with Gasteiger partial charge in [-0.3, -0.25) is 4.79 Å². The highest BCUT2D eigenvalue weighted by Gasteiger charge is 2.27. The zero-order valence-electron chi connectivity index (χ0n) is 16.0. The number of anilines is 2. The normalized spacial score (nSPS) is 19.1. The van der Waals surface area contributed by atoms with Crippen molar-refractivity contribution in [3.63, 3.8) is 0 Å². The lowest BCUT2D eigenvalue weighted by Crippen LogP contribution is -2.31. The quantitative estimate of drug-likeness (QED) is 0.838. The zero-order chi connectivity index (χ0) is 19.7. The van der Waals surface area contributed by atoms with E-state index in [4.69, 9.17) is 0 Å². The molecular weight excluding hydrogens is 374 g/mol. The Kier molecular flexibility index (Phi) is 5.12. The van der Waals surface area contributed by atoms with Crippen molar-refractivity contribution in [3.05, 3.63) is 54.1 Å². The van der Waals surface area contributed by atoms with E-state index < -0.39 is 10.0 Å². The molecular formula is C21H25N3O3S. The molecule has 6 nitrogen and oxygen atoms in total. The van der Waals surface area contributed by atoms with E-state index in [0.717, 1.165) is 30.8 Å². The van der Waals surface area contributed by atoms with Crippen molar-refractivity contribution in [1.29, 1.82) is 0 Å². The number of para-hydroxylation sites is 1. The van der Waals surface area contributed by atoms with Crippen molar-refractivity contribution in [3.8, 4) is 0 Å². The van der Waals surface area contributed by atoms with Gasteiger partial charge in [0.2, 0.25) is 15.9 Å². The van der Waals surface area contributed by atoms with Crippen molar-refractivity contribution in [2.24, 2.45) is 5.92 Å². The first-order valence-corrected chi connectivity index (χ1v) is 11.1. The molecule has 2 heterocycles. The van der Waals surface area contributed by atoms with Gasteiger partial charge in [-0.25, -0.2) is 13.1 Å². The summed E-state index contributed by atoms with van der Waals surface area (Å²) in [5, 5.41) is 0. The number of carbonyl (C=O) groups is 1. The number of carbonyl (C=O) groups excluding carboxylic acids is 1. The van der Waals surface area contributed by atoms with E-state index in [1.165, 1.54) is 12.6 Å². The van der Waals surface area contributed by atoms with Crippen molar-refractivity contribution in [2.45, 2.75) is 24.7 Å². The van der Waals surface area contributed by atoms with Gasteiger partial charge in [0, 0.05) is 44.5 Å². The summed E-state index contributed by atoms with van der Waals surface area (Å²) >= 11 is 0. The molecule has 0 saturated carbocycles. The Balaban J connectivity index is 1.40. The van der Waals surface area contributed by atoms with Crippen LogP contribution in [0.3, 0.4) is 0 Å². The highest BCUT2D eigenvalue weighted by Crippen LogP contribution is 2.30. The standard InChI is InChI=1S/C21H25N3O3S/c1-16(25)24-12-10-18-13-20(7-8-21(18)24)28(26,27)22-14-17-9-11-23(15-17)19-5-3-2-4-6-19/h2-8,13,17,22H,9-12,14-15H2,1H3. The lowest BCUT2D eigenvalue weighted by atomic mass is 10.1. The number of rotatable bonds is 5. The summed E-state index contributed by atoms with van der Waals surface area (Å²) in [5.41, 5.74) is 2.91. The highest BCUT2D eigenvalue weighted by molar-refractivity contribution is 7.89.